The van der Waals surface area contributed by atoms with Gasteiger partial charge in [0.05, 0.1) is 17.2 Å². The van der Waals surface area contributed by atoms with Gasteiger partial charge >= 0.3 is 0 Å². The second-order valence-electron chi connectivity index (χ2n) is 5.88. The summed E-state index contributed by atoms with van der Waals surface area (Å²) in [5.74, 6) is -0.108. The molecule has 1 amide bonds. The molecule has 1 N–H and O–H groups in total. The lowest BCUT2D eigenvalue weighted by Crippen LogP contribution is -2.29. The van der Waals surface area contributed by atoms with Crippen molar-refractivity contribution in [3.8, 4) is 0 Å². The van der Waals surface area contributed by atoms with E-state index in [2.05, 4.69) is 47.3 Å². The number of nitrogens with zero attached hydrogens (tertiary/aromatic N) is 2. The number of rotatable bonds is 4. The van der Waals surface area contributed by atoms with Gasteiger partial charge in [0.15, 0.2) is 0 Å². The molecule has 0 saturated heterocycles. The summed E-state index contributed by atoms with van der Waals surface area (Å²) < 4.78 is 0. The maximum absolute atomic E-state index is 12.7. The van der Waals surface area contributed by atoms with Gasteiger partial charge in [-0.05, 0) is 38.0 Å². The zero-order valence-corrected chi connectivity index (χ0v) is 14.7. The summed E-state index contributed by atoms with van der Waals surface area (Å²) in [7, 11) is 0. The van der Waals surface area contributed by atoms with Crippen LogP contribution in [0, 0.1) is 20.8 Å². The number of aryl methyl sites for hydroxylation is 3. The number of pyridine rings is 1. The van der Waals surface area contributed by atoms with Crippen molar-refractivity contribution < 1.29 is 4.79 Å². The smallest absolute Gasteiger partial charge is 0.264 e. The predicted molar refractivity (Wildman–Crippen MR) is 96.3 cm³/mol. The molecule has 0 bridgehead atoms. The van der Waals surface area contributed by atoms with Gasteiger partial charge in [0, 0.05) is 12.4 Å². The van der Waals surface area contributed by atoms with E-state index < -0.39 is 0 Å². The third kappa shape index (κ3) is 3.51. The molecule has 0 aliphatic rings. The minimum absolute atomic E-state index is 0.108. The van der Waals surface area contributed by atoms with Crippen molar-refractivity contribution in [2.24, 2.45) is 0 Å². The molecule has 1 atom stereocenters. The predicted octanol–water partition coefficient (Wildman–Crippen LogP) is 3.98. The molecule has 24 heavy (non-hydrogen) atoms. The minimum atomic E-state index is -0.244. The maximum Gasteiger partial charge on any atom is 0.264 e. The first-order valence-corrected chi connectivity index (χ1v) is 8.61. The van der Waals surface area contributed by atoms with E-state index >= 15 is 0 Å². The fourth-order valence-corrected chi connectivity index (χ4v) is 3.50. The lowest BCUT2D eigenvalue weighted by molar-refractivity contribution is 0.0946. The summed E-state index contributed by atoms with van der Waals surface area (Å²) >= 11 is 1.36. The molecule has 0 aliphatic carbocycles. The molecule has 2 aromatic heterocycles. The third-order valence-electron chi connectivity index (χ3n) is 3.82. The average molecular weight is 337 g/mol. The molecule has 3 aromatic rings. The fraction of sp³-hybridized carbons (Fsp3) is 0.211. The van der Waals surface area contributed by atoms with Gasteiger partial charge in [-0.2, -0.15) is 0 Å². The van der Waals surface area contributed by atoms with Crippen LogP contribution in [0.1, 0.15) is 43.7 Å². The molecule has 0 radical (unpaired) electrons. The molecule has 122 valence electrons. The Morgan fingerprint density at radius 3 is 2.46 bits per heavy atom. The highest BCUT2D eigenvalue weighted by Crippen LogP contribution is 2.25. The number of thiazole rings is 1. The largest absolute Gasteiger partial charge is 0.340 e. The van der Waals surface area contributed by atoms with Gasteiger partial charge in [-0.15, -0.1) is 11.3 Å². The van der Waals surface area contributed by atoms with Gasteiger partial charge in [-0.3, -0.25) is 9.78 Å². The normalized spacial score (nSPS) is 12.0. The molecule has 2 heterocycles. The van der Waals surface area contributed by atoms with Gasteiger partial charge < -0.3 is 5.32 Å². The molecule has 0 aliphatic heterocycles. The lowest BCUT2D eigenvalue weighted by atomic mass is 9.96. The first kappa shape index (κ1) is 16.3. The van der Waals surface area contributed by atoms with E-state index in [-0.39, 0.29) is 11.9 Å². The maximum atomic E-state index is 12.7. The van der Waals surface area contributed by atoms with Crippen LogP contribution < -0.4 is 5.32 Å². The Bertz CT molecular complexity index is 838. The van der Waals surface area contributed by atoms with Crippen molar-refractivity contribution in [2.75, 3.05) is 0 Å². The van der Waals surface area contributed by atoms with E-state index in [0.29, 0.717) is 4.88 Å². The summed E-state index contributed by atoms with van der Waals surface area (Å²) in [6, 6.07) is 9.95. The van der Waals surface area contributed by atoms with E-state index in [1.54, 1.807) is 17.9 Å². The van der Waals surface area contributed by atoms with Crippen LogP contribution in [0.25, 0.3) is 0 Å². The topological polar surface area (TPSA) is 54.9 Å². The Hall–Kier alpha value is -2.53. The van der Waals surface area contributed by atoms with E-state index in [1.165, 1.54) is 22.5 Å². The highest BCUT2D eigenvalue weighted by Gasteiger charge is 2.20. The summed E-state index contributed by atoms with van der Waals surface area (Å²) in [5, 5.41) is 3.14. The lowest BCUT2D eigenvalue weighted by Gasteiger charge is -2.20. The van der Waals surface area contributed by atoms with E-state index in [0.717, 1.165) is 16.8 Å². The third-order valence-corrected chi connectivity index (χ3v) is 4.75. The van der Waals surface area contributed by atoms with Crippen molar-refractivity contribution in [3.05, 3.63) is 81.1 Å². The summed E-state index contributed by atoms with van der Waals surface area (Å²) in [6.07, 6.45) is 3.53. The van der Waals surface area contributed by atoms with Crippen molar-refractivity contribution in [1.82, 2.24) is 15.3 Å². The highest BCUT2D eigenvalue weighted by atomic mass is 32.1. The monoisotopic (exact) mass is 337 g/mol. The molecular formula is C19H19N3OS. The molecule has 0 spiro atoms. The molecular weight excluding hydrogens is 318 g/mol. The zero-order chi connectivity index (χ0) is 17.1. The number of amides is 1. The van der Waals surface area contributed by atoms with Gasteiger partial charge in [-0.25, -0.2) is 4.98 Å². The summed E-state index contributed by atoms with van der Waals surface area (Å²) in [4.78, 5) is 21.7. The van der Waals surface area contributed by atoms with Gasteiger partial charge in [0.1, 0.15) is 4.88 Å². The number of benzene rings is 1. The van der Waals surface area contributed by atoms with Crippen LogP contribution in [0.5, 0.6) is 0 Å². The van der Waals surface area contributed by atoms with Crippen LogP contribution in [-0.2, 0) is 0 Å². The quantitative estimate of drug-likeness (QED) is 0.783. The Balaban J connectivity index is 2.00. The number of nitrogens with one attached hydrogen (secondary N) is 1. The van der Waals surface area contributed by atoms with E-state index in [1.807, 2.05) is 19.1 Å². The number of carbonyl (C=O) groups excluding carboxylic acids is 1. The Kier molecular flexibility index (Phi) is 4.71. The van der Waals surface area contributed by atoms with Crippen molar-refractivity contribution >= 4 is 17.2 Å². The minimum Gasteiger partial charge on any atom is -0.340 e. The van der Waals surface area contributed by atoms with Gasteiger partial charge in [-0.1, -0.05) is 35.4 Å². The molecule has 0 saturated carbocycles. The Morgan fingerprint density at radius 1 is 1.12 bits per heavy atom. The molecule has 3 rings (SSSR count). The summed E-state index contributed by atoms with van der Waals surface area (Å²) in [6.45, 7) is 5.97. The van der Waals surface area contributed by atoms with Crippen LogP contribution in [0.15, 0.2) is 48.2 Å². The molecule has 1 unspecified atom stereocenters. The number of carbonyl (C=O) groups is 1. The van der Waals surface area contributed by atoms with Crippen LogP contribution in [-0.4, -0.2) is 15.9 Å². The van der Waals surface area contributed by atoms with Gasteiger partial charge in [0.25, 0.3) is 5.91 Å². The molecule has 1 aromatic carbocycles. The second-order valence-corrected chi connectivity index (χ2v) is 6.74. The van der Waals surface area contributed by atoms with E-state index in [9.17, 15) is 4.79 Å². The fourth-order valence-electron chi connectivity index (χ4n) is 2.80. The SMILES string of the molecule is Cc1cc(C)cc(C(NC(=O)c2scnc2C)c2cccnc2)c1. The number of hydrogen-bond donors (Lipinski definition) is 1. The standard InChI is InChI=1S/C19H19N3OS/c1-12-7-13(2)9-16(8-12)17(15-5-4-6-20-10-15)22-19(23)18-14(3)21-11-24-18/h4-11,17H,1-3H3,(H,22,23). The second kappa shape index (κ2) is 6.93. The van der Waals surface area contributed by atoms with Crippen molar-refractivity contribution in [1.29, 1.82) is 0 Å². The van der Waals surface area contributed by atoms with Gasteiger partial charge in [0.2, 0.25) is 0 Å². The zero-order valence-electron chi connectivity index (χ0n) is 13.9. The molecule has 5 heteroatoms. The van der Waals surface area contributed by atoms with Crippen LogP contribution in [0.4, 0.5) is 0 Å². The molecule has 0 fully saturated rings. The Labute approximate surface area is 145 Å². The van der Waals surface area contributed by atoms with Crippen LogP contribution in [0.2, 0.25) is 0 Å². The Morgan fingerprint density at radius 2 is 1.88 bits per heavy atom. The highest BCUT2D eigenvalue weighted by molar-refractivity contribution is 7.11. The summed E-state index contributed by atoms with van der Waals surface area (Å²) in [5.41, 5.74) is 6.79. The molecule has 4 nitrogen and oxygen atoms in total. The first-order valence-electron chi connectivity index (χ1n) is 7.73. The van der Waals surface area contributed by atoms with Crippen molar-refractivity contribution in [2.45, 2.75) is 26.8 Å². The number of hydrogen-bond acceptors (Lipinski definition) is 4. The van der Waals surface area contributed by atoms with E-state index in [4.69, 9.17) is 0 Å². The first-order chi connectivity index (χ1) is 11.5. The number of aromatic nitrogens is 2. The van der Waals surface area contributed by atoms with Crippen LogP contribution >= 0.6 is 11.3 Å². The average Bonchev–Trinajstić information content (AvgIpc) is 2.98. The van der Waals surface area contributed by atoms with Crippen LogP contribution in [0.3, 0.4) is 0 Å². The van der Waals surface area contributed by atoms with Crippen molar-refractivity contribution in [3.63, 3.8) is 0 Å².